The van der Waals surface area contributed by atoms with Crippen molar-refractivity contribution in [3.05, 3.63) is 172 Å². The summed E-state index contributed by atoms with van der Waals surface area (Å²) in [5, 5.41) is 49.2. The summed E-state index contributed by atoms with van der Waals surface area (Å²) in [5.41, 5.74) is 16.5. The van der Waals surface area contributed by atoms with Crippen LogP contribution in [0.1, 0.15) is 134 Å². The van der Waals surface area contributed by atoms with Gasteiger partial charge in [0, 0.05) is 53.1 Å². The fourth-order valence-electron chi connectivity index (χ4n) is 13.5. The summed E-state index contributed by atoms with van der Waals surface area (Å²) in [7, 11) is 0. The van der Waals surface area contributed by atoms with E-state index >= 15 is 0 Å². The Bertz CT molecular complexity index is 2980. The monoisotopic (exact) mass is 984 g/mol. The molecule has 10 heteroatoms. The number of aromatic hydroxyl groups is 3. The second-order valence-electron chi connectivity index (χ2n) is 21.9. The Morgan fingerprint density at radius 1 is 0.753 bits per heavy atom. The molecule has 5 aliphatic rings. The number of aliphatic hydroxyl groups is 1. The lowest BCUT2D eigenvalue weighted by molar-refractivity contribution is -0.166. The predicted molar refractivity (Wildman–Crippen MR) is 288 cm³/mol. The van der Waals surface area contributed by atoms with E-state index in [1.807, 2.05) is 36.4 Å². The minimum absolute atomic E-state index is 0.0976. The number of unbranched alkanes of at least 4 members (excludes halogenated alkanes) is 3. The Balaban J connectivity index is 0.879. The smallest absolute Gasteiger partial charge is 0.161 e. The minimum atomic E-state index is -0.582. The zero-order valence-corrected chi connectivity index (χ0v) is 42.2. The van der Waals surface area contributed by atoms with Gasteiger partial charge in [-0.25, -0.2) is 0 Å². The van der Waals surface area contributed by atoms with Crippen molar-refractivity contribution in [1.82, 2.24) is 9.88 Å². The van der Waals surface area contributed by atoms with Crippen LogP contribution in [0.25, 0.3) is 16.6 Å². The normalized spacial score (nSPS) is 24.0. The van der Waals surface area contributed by atoms with E-state index in [0.717, 1.165) is 122 Å². The third kappa shape index (κ3) is 10.4. The van der Waals surface area contributed by atoms with E-state index in [9.17, 15) is 20.4 Å². The molecule has 382 valence electrons. The molecule has 1 spiro atoms. The minimum Gasteiger partial charge on any atom is -0.508 e. The van der Waals surface area contributed by atoms with Crippen molar-refractivity contribution < 1.29 is 34.6 Å². The molecule has 0 radical (unpaired) electrons. The number of aryl methyl sites for hydroxylation is 3. The van der Waals surface area contributed by atoms with Crippen LogP contribution in [0.4, 0.5) is 0 Å². The number of benzene rings is 5. The van der Waals surface area contributed by atoms with Gasteiger partial charge < -0.3 is 50.3 Å². The van der Waals surface area contributed by atoms with Crippen molar-refractivity contribution in [3.8, 4) is 23.0 Å². The molecule has 1 saturated heterocycles. The second kappa shape index (κ2) is 21.4. The van der Waals surface area contributed by atoms with Crippen LogP contribution < -0.4 is 15.8 Å². The number of fused-ring (bicyclic) bond motifs is 8. The molecule has 11 rings (SSSR count). The Labute approximate surface area is 430 Å². The molecule has 5 atom stereocenters. The Morgan fingerprint density at radius 2 is 1.62 bits per heavy atom. The van der Waals surface area contributed by atoms with Crippen LogP contribution in [-0.2, 0) is 47.2 Å². The first kappa shape index (κ1) is 49.2. The molecule has 10 nitrogen and oxygen atoms in total. The summed E-state index contributed by atoms with van der Waals surface area (Å²) >= 11 is 0. The molecule has 2 aliphatic carbocycles. The standard InChI is InChI=1S/C63H73N3O7/c64-60-26-21-46-40-71-53(15-5-2-1-4-11-42-18-23-56(69)47(31-42)32-44-12-10-14-51(67)33-44)37-52(68)22-17-43-19-24-57(70)58(34-43)72-41-49-36-50(35-48-38-66(39-54(48)49)61(46)65-60)63-29-30-73-62(27-8-3-9-28-62)59(63)25-20-45-13-6-7-16-55(45)63/h6-7,10,12-14,16,18-19,21,23-24,26,31,33-36,38-39,52-53,59-60,65,67-70H,1-5,8-9,11,15,17,20,22,25,27-30,32,37,40-41,64H2. The summed E-state index contributed by atoms with van der Waals surface area (Å²) in [4.78, 5) is 0. The van der Waals surface area contributed by atoms with Gasteiger partial charge in [0.25, 0.3) is 0 Å². The molecule has 1 aromatic heterocycles. The number of nitrogens with two attached hydrogens (primary N) is 1. The van der Waals surface area contributed by atoms with Crippen molar-refractivity contribution in [2.24, 2.45) is 11.7 Å². The van der Waals surface area contributed by atoms with E-state index < -0.39 is 6.10 Å². The lowest BCUT2D eigenvalue weighted by atomic mass is 9.51. The lowest BCUT2D eigenvalue weighted by Gasteiger charge is -2.59. The maximum Gasteiger partial charge on any atom is 0.161 e. The number of nitrogens with one attached hydrogen (secondary N) is 1. The fourth-order valence-corrected chi connectivity index (χ4v) is 13.5. The molecule has 0 amide bonds. The van der Waals surface area contributed by atoms with E-state index in [0.29, 0.717) is 44.0 Å². The highest BCUT2D eigenvalue weighted by Gasteiger charge is 2.58. The molecule has 1 saturated carbocycles. The zero-order chi connectivity index (χ0) is 49.9. The number of hydrogen-bond acceptors (Lipinski definition) is 9. The summed E-state index contributed by atoms with van der Waals surface area (Å²) in [6, 6.07) is 32.7. The third-order valence-electron chi connectivity index (χ3n) is 17.1. The molecular formula is C63H73N3O7. The summed E-state index contributed by atoms with van der Waals surface area (Å²) in [6.45, 7) is 1.35. The molecule has 5 unspecified atom stereocenters. The van der Waals surface area contributed by atoms with Gasteiger partial charge in [-0.15, -0.1) is 0 Å². The van der Waals surface area contributed by atoms with Gasteiger partial charge in [0.2, 0.25) is 0 Å². The topological polar surface area (TPSA) is 152 Å². The van der Waals surface area contributed by atoms with E-state index in [-0.39, 0.29) is 47.1 Å². The maximum atomic E-state index is 11.6. The number of nitrogens with zero attached hydrogens (tertiary/aromatic N) is 1. The predicted octanol–water partition coefficient (Wildman–Crippen LogP) is 11.8. The van der Waals surface area contributed by atoms with Crippen molar-refractivity contribution >= 4 is 16.6 Å². The first-order valence-corrected chi connectivity index (χ1v) is 27.3. The van der Waals surface area contributed by atoms with E-state index in [2.05, 4.69) is 70.8 Å². The van der Waals surface area contributed by atoms with Gasteiger partial charge in [-0.1, -0.05) is 105 Å². The van der Waals surface area contributed by atoms with E-state index in [1.165, 1.54) is 41.5 Å². The van der Waals surface area contributed by atoms with Gasteiger partial charge in [-0.3, -0.25) is 0 Å². The summed E-state index contributed by atoms with van der Waals surface area (Å²) in [6.07, 6.45) is 24.4. The molecule has 3 aliphatic heterocycles. The highest BCUT2D eigenvalue weighted by atomic mass is 16.5. The Kier molecular flexibility index (Phi) is 14.4. The molecule has 5 aromatic carbocycles. The van der Waals surface area contributed by atoms with Crippen molar-refractivity contribution in [3.63, 3.8) is 0 Å². The average molecular weight is 984 g/mol. The SMILES string of the molecule is NC1C=CC2=C(N1)n1cc3cc(C45CCOC6(CCCCC6)C4CCc4ccccc45)cc(c3c1)COc1cc(ccc1O)CCC(O)CC(CCCCCCc1ccc(O)c(Cc3cccc(O)c3)c1)OC2. The number of aliphatic hydroxyl groups excluding tert-OH is 1. The van der Waals surface area contributed by atoms with Crippen LogP contribution >= 0.6 is 0 Å². The Hall–Kier alpha value is -6.04. The summed E-state index contributed by atoms with van der Waals surface area (Å²) < 4.78 is 22.7. The number of phenolic OH excluding ortho intramolecular Hbond substituents is 3. The molecule has 73 heavy (non-hydrogen) atoms. The first-order valence-electron chi connectivity index (χ1n) is 27.3. The van der Waals surface area contributed by atoms with Gasteiger partial charge in [-0.2, -0.15) is 0 Å². The van der Waals surface area contributed by atoms with Gasteiger partial charge in [0.05, 0.1) is 30.6 Å². The summed E-state index contributed by atoms with van der Waals surface area (Å²) in [5.74, 6) is 2.24. The lowest BCUT2D eigenvalue weighted by Crippen LogP contribution is -2.59. The number of hydrogen-bond donors (Lipinski definition) is 6. The van der Waals surface area contributed by atoms with E-state index in [1.54, 1.807) is 24.3 Å². The highest BCUT2D eigenvalue weighted by molar-refractivity contribution is 5.88. The van der Waals surface area contributed by atoms with Crippen LogP contribution in [0.3, 0.4) is 0 Å². The van der Waals surface area contributed by atoms with Crippen LogP contribution in [0.15, 0.2) is 127 Å². The quantitative estimate of drug-likeness (QED) is 0.0737. The highest BCUT2D eigenvalue weighted by Crippen LogP contribution is 2.59. The van der Waals surface area contributed by atoms with Crippen LogP contribution in [0, 0.1) is 5.92 Å². The average Bonchev–Trinajstić information content (AvgIpc) is 3.84. The van der Waals surface area contributed by atoms with E-state index in [4.69, 9.17) is 19.9 Å². The molecule has 7 N–H and O–H groups in total. The molecule has 4 bridgehead atoms. The number of ether oxygens (including phenoxy) is 3. The number of dihydropyridines is 1. The molecule has 6 aromatic rings. The van der Waals surface area contributed by atoms with Crippen molar-refractivity contribution in [2.45, 2.75) is 152 Å². The number of phenols is 3. The molecule has 2 fully saturated rings. The molecular weight excluding hydrogens is 911 g/mol. The first-order chi connectivity index (χ1) is 35.6. The van der Waals surface area contributed by atoms with Crippen LogP contribution in [0.5, 0.6) is 23.0 Å². The van der Waals surface area contributed by atoms with Gasteiger partial charge in [0.1, 0.15) is 23.9 Å². The van der Waals surface area contributed by atoms with Gasteiger partial charge in [0.15, 0.2) is 11.5 Å². The molecule has 4 heterocycles. The third-order valence-corrected chi connectivity index (χ3v) is 17.1. The van der Waals surface area contributed by atoms with Gasteiger partial charge in [-0.05, 0) is 158 Å². The van der Waals surface area contributed by atoms with Crippen LogP contribution in [-0.4, -0.2) is 62.2 Å². The fraction of sp³-hybridized carbons (Fsp3) is 0.429. The van der Waals surface area contributed by atoms with Crippen LogP contribution in [0.2, 0.25) is 0 Å². The van der Waals surface area contributed by atoms with Crippen molar-refractivity contribution in [1.29, 1.82) is 0 Å². The van der Waals surface area contributed by atoms with Crippen molar-refractivity contribution in [2.75, 3.05) is 13.2 Å². The number of aromatic nitrogens is 1. The second-order valence-corrected chi connectivity index (χ2v) is 21.9. The largest absolute Gasteiger partial charge is 0.508 e. The number of rotatable bonds is 10. The Morgan fingerprint density at radius 3 is 2.51 bits per heavy atom. The van der Waals surface area contributed by atoms with Gasteiger partial charge >= 0.3 is 0 Å². The maximum absolute atomic E-state index is 11.6. The zero-order valence-electron chi connectivity index (χ0n) is 42.2.